The minimum Gasteiger partial charge on any atom is -0.454 e. The molecule has 32 heavy (non-hydrogen) atoms. The maximum atomic E-state index is 12.5. The lowest BCUT2D eigenvalue weighted by atomic mass is 9.97. The summed E-state index contributed by atoms with van der Waals surface area (Å²) < 4.78 is 37.6. The number of ether oxygens (including phenoxy) is 2. The molecule has 1 saturated heterocycles. The lowest BCUT2D eigenvalue weighted by Crippen LogP contribution is -2.41. The van der Waals surface area contributed by atoms with Gasteiger partial charge in [0.05, 0.1) is 22.3 Å². The zero-order chi connectivity index (χ0) is 22.3. The average Bonchev–Trinajstić information content (AvgIpc) is 3.46. The lowest BCUT2D eigenvalue weighted by Gasteiger charge is -2.31. The fraction of sp³-hybridized carbons (Fsp3) is 0.391. The van der Waals surface area contributed by atoms with E-state index in [0.29, 0.717) is 18.8 Å². The van der Waals surface area contributed by atoms with Gasteiger partial charge in [-0.25, -0.2) is 17.7 Å². The number of rotatable bonds is 5. The van der Waals surface area contributed by atoms with Crippen molar-refractivity contribution in [3.63, 3.8) is 0 Å². The normalized spacial score (nSPS) is 17.2. The van der Waals surface area contributed by atoms with Gasteiger partial charge in [0.2, 0.25) is 16.8 Å². The van der Waals surface area contributed by atoms with Crippen LogP contribution in [0.5, 0.6) is 11.5 Å². The van der Waals surface area contributed by atoms with Crippen molar-refractivity contribution in [3.8, 4) is 34.1 Å². The molecule has 5 rings (SSSR count). The summed E-state index contributed by atoms with van der Waals surface area (Å²) in [6.07, 6.45) is 3.21. The van der Waals surface area contributed by atoms with Gasteiger partial charge in [0.25, 0.3) is 0 Å². The highest BCUT2D eigenvalue weighted by atomic mass is 32.2. The fourth-order valence-electron chi connectivity index (χ4n) is 4.22. The Balaban J connectivity index is 1.47. The lowest BCUT2D eigenvalue weighted by molar-refractivity contribution is 0.174. The molecule has 2 aliphatic heterocycles. The molecule has 8 nitrogen and oxygen atoms in total. The SMILES string of the molecule is CC(C)S(=O)(=O)N1CCC(c2nc(-c3ccc4c(c3)OCO4)c(-c3ccccn3)[nH]2)CC1. The van der Waals surface area contributed by atoms with E-state index in [0.717, 1.165) is 47.1 Å². The number of imidazole rings is 1. The molecule has 2 aromatic heterocycles. The summed E-state index contributed by atoms with van der Waals surface area (Å²) in [6, 6.07) is 11.6. The van der Waals surface area contributed by atoms with Gasteiger partial charge >= 0.3 is 0 Å². The maximum Gasteiger partial charge on any atom is 0.231 e. The topological polar surface area (TPSA) is 97.4 Å². The predicted octanol–water partition coefficient (Wildman–Crippen LogP) is 3.79. The quantitative estimate of drug-likeness (QED) is 0.630. The van der Waals surface area contributed by atoms with Crippen molar-refractivity contribution >= 4 is 10.0 Å². The van der Waals surface area contributed by atoms with E-state index in [1.54, 1.807) is 24.3 Å². The Bertz CT molecular complexity index is 1220. The summed E-state index contributed by atoms with van der Waals surface area (Å²) in [5.41, 5.74) is 3.36. The van der Waals surface area contributed by atoms with Crippen LogP contribution in [0.4, 0.5) is 0 Å². The largest absolute Gasteiger partial charge is 0.454 e. The zero-order valence-electron chi connectivity index (χ0n) is 18.1. The molecular weight excluding hydrogens is 428 g/mol. The van der Waals surface area contributed by atoms with Gasteiger partial charge in [0, 0.05) is 30.8 Å². The van der Waals surface area contributed by atoms with Crippen LogP contribution in [0.25, 0.3) is 22.6 Å². The molecule has 0 atom stereocenters. The Morgan fingerprint density at radius 3 is 2.59 bits per heavy atom. The van der Waals surface area contributed by atoms with Crippen LogP contribution in [0.3, 0.4) is 0 Å². The molecule has 4 heterocycles. The highest BCUT2D eigenvalue weighted by molar-refractivity contribution is 7.89. The summed E-state index contributed by atoms with van der Waals surface area (Å²) in [7, 11) is -3.23. The van der Waals surface area contributed by atoms with E-state index >= 15 is 0 Å². The number of sulfonamides is 1. The molecule has 0 unspecified atom stereocenters. The number of benzene rings is 1. The standard InChI is InChI=1S/C23H26N4O4S/c1-15(2)32(28,29)27-11-8-16(9-12-27)23-25-21(22(26-23)18-5-3-4-10-24-18)17-6-7-19-20(13-17)31-14-30-19/h3-7,10,13,15-16H,8-9,11-12,14H2,1-2H3,(H,25,26). The number of fused-ring (bicyclic) bond motifs is 1. The molecule has 0 bridgehead atoms. The number of hydrogen-bond acceptors (Lipinski definition) is 6. The van der Waals surface area contributed by atoms with E-state index in [2.05, 4.69) is 9.97 Å². The predicted molar refractivity (Wildman–Crippen MR) is 121 cm³/mol. The molecular formula is C23H26N4O4S. The monoisotopic (exact) mass is 454 g/mol. The Hall–Kier alpha value is -2.91. The number of nitrogens with one attached hydrogen (secondary N) is 1. The number of piperidine rings is 1. The van der Waals surface area contributed by atoms with Gasteiger partial charge in [-0.2, -0.15) is 0 Å². The Labute approximate surface area is 187 Å². The van der Waals surface area contributed by atoms with E-state index < -0.39 is 15.3 Å². The molecule has 2 aliphatic rings. The van der Waals surface area contributed by atoms with Crippen LogP contribution in [-0.4, -0.2) is 52.8 Å². The number of pyridine rings is 1. The first-order valence-corrected chi connectivity index (χ1v) is 12.3. The molecule has 0 amide bonds. The smallest absolute Gasteiger partial charge is 0.231 e. The molecule has 0 aliphatic carbocycles. The van der Waals surface area contributed by atoms with Gasteiger partial charge in [-0.1, -0.05) is 6.07 Å². The van der Waals surface area contributed by atoms with Crippen LogP contribution in [0, 0.1) is 0 Å². The zero-order valence-corrected chi connectivity index (χ0v) is 18.9. The molecule has 0 spiro atoms. The molecule has 1 aromatic carbocycles. The van der Waals surface area contributed by atoms with Crippen molar-refractivity contribution in [1.29, 1.82) is 0 Å². The Morgan fingerprint density at radius 2 is 1.88 bits per heavy atom. The first kappa shape index (κ1) is 21.0. The van der Waals surface area contributed by atoms with Gasteiger partial charge in [0.15, 0.2) is 11.5 Å². The minimum absolute atomic E-state index is 0.152. The molecule has 1 fully saturated rings. The fourth-order valence-corrected chi connectivity index (χ4v) is 5.53. The van der Waals surface area contributed by atoms with Crippen LogP contribution in [0.2, 0.25) is 0 Å². The van der Waals surface area contributed by atoms with Crippen molar-refractivity contribution < 1.29 is 17.9 Å². The summed E-state index contributed by atoms with van der Waals surface area (Å²) in [5.74, 6) is 2.44. The van der Waals surface area contributed by atoms with Gasteiger partial charge in [-0.05, 0) is 57.0 Å². The number of hydrogen-bond donors (Lipinski definition) is 1. The van der Waals surface area contributed by atoms with Crippen molar-refractivity contribution in [2.24, 2.45) is 0 Å². The van der Waals surface area contributed by atoms with E-state index in [-0.39, 0.29) is 12.7 Å². The van der Waals surface area contributed by atoms with Crippen molar-refractivity contribution in [2.45, 2.75) is 37.9 Å². The van der Waals surface area contributed by atoms with Gasteiger partial charge < -0.3 is 14.5 Å². The molecule has 1 N–H and O–H groups in total. The second-order valence-electron chi connectivity index (χ2n) is 8.40. The van der Waals surface area contributed by atoms with Crippen LogP contribution in [-0.2, 0) is 10.0 Å². The van der Waals surface area contributed by atoms with Gasteiger partial charge in [0.1, 0.15) is 5.82 Å². The summed E-state index contributed by atoms with van der Waals surface area (Å²) >= 11 is 0. The molecule has 168 valence electrons. The van der Waals surface area contributed by atoms with E-state index in [1.165, 1.54) is 0 Å². The molecule has 0 radical (unpaired) electrons. The third kappa shape index (κ3) is 3.75. The second-order valence-corrected chi connectivity index (χ2v) is 10.9. The molecule has 9 heteroatoms. The first-order valence-electron chi connectivity index (χ1n) is 10.8. The number of nitrogens with zero attached hydrogens (tertiary/aromatic N) is 3. The van der Waals surface area contributed by atoms with Crippen LogP contribution in [0.15, 0.2) is 42.6 Å². The molecule has 0 saturated carbocycles. The molecule has 3 aromatic rings. The van der Waals surface area contributed by atoms with E-state index in [9.17, 15) is 8.42 Å². The Morgan fingerprint density at radius 1 is 1.09 bits per heavy atom. The maximum absolute atomic E-state index is 12.5. The van der Waals surface area contributed by atoms with Crippen molar-refractivity contribution in [2.75, 3.05) is 19.9 Å². The van der Waals surface area contributed by atoms with Gasteiger partial charge in [-0.15, -0.1) is 0 Å². The average molecular weight is 455 g/mol. The second kappa shape index (κ2) is 8.22. The third-order valence-electron chi connectivity index (χ3n) is 6.09. The summed E-state index contributed by atoms with van der Waals surface area (Å²) in [4.78, 5) is 13.0. The third-order valence-corrected chi connectivity index (χ3v) is 8.36. The number of aromatic amines is 1. The van der Waals surface area contributed by atoms with Gasteiger partial charge in [-0.3, -0.25) is 4.98 Å². The van der Waals surface area contributed by atoms with E-state index in [1.807, 2.05) is 36.4 Å². The first-order chi connectivity index (χ1) is 15.4. The van der Waals surface area contributed by atoms with Crippen LogP contribution >= 0.6 is 0 Å². The highest BCUT2D eigenvalue weighted by Gasteiger charge is 2.32. The Kier molecular flexibility index (Phi) is 5.38. The van der Waals surface area contributed by atoms with Crippen LogP contribution < -0.4 is 9.47 Å². The summed E-state index contributed by atoms with van der Waals surface area (Å²) in [6.45, 7) is 4.68. The van der Waals surface area contributed by atoms with E-state index in [4.69, 9.17) is 14.5 Å². The van der Waals surface area contributed by atoms with Crippen LogP contribution in [0.1, 0.15) is 38.4 Å². The number of H-pyrrole nitrogens is 1. The number of aromatic nitrogens is 3. The van der Waals surface area contributed by atoms with Crippen molar-refractivity contribution in [1.82, 2.24) is 19.3 Å². The van der Waals surface area contributed by atoms with Crippen molar-refractivity contribution in [3.05, 3.63) is 48.4 Å². The highest BCUT2D eigenvalue weighted by Crippen LogP contribution is 2.39. The summed E-state index contributed by atoms with van der Waals surface area (Å²) in [5, 5.41) is -0.406. The minimum atomic E-state index is -3.23.